The van der Waals surface area contributed by atoms with Crippen molar-refractivity contribution >= 4 is 25.9 Å². The van der Waals surface area contributed by atoms with Crippen LogP contribution in [-0.4, -0.2) is 64.0 Å². The highest BCUT2D eigenvalue weighted by Crippen LogP contribution is 2.49. The van der Waals surface area contributed by atoms with E-state index in [1.165, 1.54) is 38.5 Å². The molecule has 0 spiro atoms. The summed E-state index contributed by atoms with van der Waals surface area (Å²) < 4.78 is 30.2. The molecule has 0 amide bonds. The molecule has 0 N–H and O–H groups in total. The summed E-state index contributed by atoms with van der Waals surface area (Å²) in [5.41, 5.74) is -0.780. The molecular formula is C29H43NO9Si. The van der Waals surface area contributed by atoms with Gasteiger partial charge in [0.05, 0.1) is 23.7 Å². The third-order valence-electron chi connectivity index (χ3n) is 7.79. The van der Waals surface area contributed by atoms with Crippen molar-refractivity contribution in [2.75, 3.05) is 20.8 Å². The lowest BCUT2D eigenvalue weighted by Gasteiger charge is -2.54. The lowest BCUT2D eigenvalue weighted by molar-refractivity contribution is -0.384. The van der Waals surface area contributed by atoms with Gasteiger partial charge in [0.1, 0.15) is 0 Å². The van der Waals surface area contributed by atoms with Gasteiger partial charge in [-0.1, -0.05) is 46.8 Å². The molecule has 1 aliphatic heterocycles. The molecule has 0 bridgehead atoms. The number of carbonyl (C=O) groups is 2. The maximum Gasteiger partial charge on any atom is 0.339 e. The van der Waals surface area contributed by atoms with Gasteiger partial charge in [-0.3, -0.25) is 10.1 Å². The molecule has 0 unspecified atom stereocenters. The van der Waals surface area contributed by atoms with Crippen LogP contribution in [0.2, 0.25) is 18.1 Å². The molecule has 1 heterocycles. The predicted octanol–water partition coefficient (Wildman–Crippen LogP) is 5.98. The number of hydrogen-bond acceptors (Lipinski definition) is 9. The number of methoxy groups -OCH3 is 2. The summed E-state index contributed by atoms with van der Waals surface area (Å²) in [6.45, 7) is 18.5. The molecule has 1 aromatic rings. The normalized spacial score (nSPS) is 23.0. The summed E-state index contributed by atoms with van der Waals surface area (Å²) in [5.74, 6) is -3.07. The average molecular weight is 578 g/mol. The molecule has 1 saturated heterocycles. The Morgan fingerprint density at radius 2 is 1.88 bits per heavy atom. The third-order valence-corrected chi connectivity index (χ3v) is 12.3. The first-order valence-corrected chi connectivity index (χ1v) is 16.1. The van der Waals surface area contributed by atoms with Gasteiger partial charge >= 0.3 is 11.9 Å². The van der Waals surface area contributed by atoms with Crippen LogP contribution in [0.5, 0.6) is 0 Å². The van der Waals surface area contributed by atoms with E-state index in [4.69, 9.17) is 23.4 Å². The van der Waals surface area contributed by atoms with E-state index in [9.17, 15) is 19.7 Å². The Bertz CT molecular complexity index is 1140. The summed E-state index contributed by atoms with van der Waals surface area (Å²) in [7, 11) is 0.491. The number of non-ortho nitro benzene ring substituents is 1. The Hall–Kier alpha value is -2.86. The zero-order chi connectivity index (χ0) is 30.5. The molecule has 11 heteroatoms. The Morgan fingerprint density at radius 1 is 1.23 bits per heavy atom. The van der Waals surface area contributed by atoms with Gasteiger partial charge in [0.2, 0.25) is 5.79 Å². The van der Waals surface area contributed by atoms with Gasteiger partial charge in [-0.2, -0.15) is 0 Å². The molecular weight excluding hydrogens is 534 g/mol. The van der Waals surface area contributed by atoms with E-state index in [0.29, 0.717) is 12.0 Å². The average Bonchev–Trinajstić information content (AvgIpc) is 2.88. The molecule has 2 rings (SSSR count). The molecule has 40 heavy (non-hydrogen) atoms. The molecule has 1 fully saturated rings. The molecule has 0 aliphatic carbocycles. The highest BCUT2D eigenvalue weighted by atomic mass is 28.4. The van der Waals surface area contributed by atoms with Gasteiger partial charge in [-0.05, 0) is 42.6 Å². The minimum Gasteiger partial charge on any atom is -0.466 e. The number of nitro groups is 1. The van der Waals surface area contributed by atoms with Crippen LogP contribution >= 0.6 is 0 Å². The lowest BCUT2D eigenvalue weighted by Crippen LogP contribution is -2.65. The zero-order valence-corrected chi connectivity index (χ0v) is 26.1. The molecule has 1 aliphatic rings. The molecule has 222 valence electrons. The van der Waals surface area contributed by atoms with Gasteiger partial charge in [-0.25, -0.2) is 9.59 Å². The summed E-state index contributed by atoms with van der Waals surface area (Å²) >= 11 is 0. The van der Waals surface area contributed by atoms with Crippen molar-refractivity contribution in [3.8, 4) is 0 Å². The minimum absolute atomic E-state index is 0.0276. The van der Waals surface area contributed by atoms with E-state index in [1.807, 2.05) is 13.8 Å². The lowest BCUT2D eigenvalue weighted by atomic mass is 9.75. The van der Waals surface area contributed by atoms with Crippen LogP contribution in [0.15, 0.2) is 48.6 Å². The fourth-order valence-electron chi connectivity index (χ4n) is 4.33. The van der Waals surface area contributed by atoms with Crippen LogP contribution in [0.1, 0.15) is 57.8 Å². The molecule has 3 atom stereocenters. The number of carbonyl (C=O) groups excluding carboxylic acids is 2. The van der Waals surface area contributed by atoms with Crippen molar-refractivity contribution in [3.05, 3.63) is 64.2 Å². The minimum atomic E-state index is -2.22. The quantitative estimate of drug-likeness (QED) is 0.0780. The second kappa shape index (κ2) is 12.8. The van der Waals surface area contributed by atoms with Gasteiger partial charge in [0.15, 0.2) is 14.4 Å². The van der Waals surface area contributed by atoms with Crippen molar-refractivity contribution < 1.29 is 37.9 Å². The third kappa shape index (κ3) is 7.25. The van der Waals surface area contributed by atoms with Crippen LogP contribution in [-0.2, 0) is 28.2 Å². The summed E-state index contributed by atoms with van der Waals surface area (Å²) in [6, 6.07) is 5.24. The number of rotatable bonds is 11. The number of nitro benzene ring substituents is 1. The fraction of sp³-hybridized carbons (Fsp3) is 0.586. The van der Waals surface area contributed by atoms with E-state index >= 15 is 0 Å². The summed E-state index contributed by atoms with van der Waals surface area (Å²) in [4.78, 5) is 36.6. The Kier molecular flexibility index (Phi) is 10.6. The largest absolute Gasteiger partial charge is 0.466 e. The molecule has 10 nitrogen and oxygen atoms in total. The Morgan fingerprint density at radius 3 is 2.40 bits per heavy atom. The van der Waals surface area contributed by atoms with Crippen LogP contribution < -0.4 is 0 Å². The van der Waals surface area contributed by atoms with Gasteiger partial charge in [0.25, 0.3) is 5.69 Å². The molecule has 1 aromatic carbocycles. The highest BCUT2D eigenvalue weighted by Gasteiger charge is 2.60. The molecule has 0 aromatic heterocycles. The van der Waals surface area contributed by atoms with Crippen molar-refractivity contribution in [2.45, 2.75) is 83.6 Å². The van der Waals surface area contributed by atoms with Crippen LogP contribution in [0.3, 0.4) is 0 Å². The number of ether oxygens (including phenoxy) is 4. The first kappa shape index (κ1) is 33.3. The number of nitrogens with zero attached hydrogens (tertiary/aromatic N) is 1. The first-order valence-electron chi connectivity index (χ1n) is 13.2. The Balaban J connectivity index is 2.67. The Labute approximate surface area is 237 Å². The van der Waals surface area contributed by atoms with E-state index in [0.717, 1.165) is 6.07 Å². The van der Waals surface area contributed by atoms with Crippen molar-refractivity contribution in [2.24, 2.45) is 5.41 Å². The molecule has 0 saturated carbocycles. The van der Waals surface area contributed by atoms with E-state index < -0.39 is 48.6 Å². The molecule has 0 radical (unpaired) electrons. The standard InChI is InChI=1S/C29H43NO9Si/c1-11-13-23-17-21(18-24(31)35-7)25(38-26(32)20-14-12-15-22(16-20)30(33)34)29(36-8,39-23)28(5,6)19-37-40(9,10)27(2,3)4/h11-12,14-16,18,23,25H,1,13,17,19H2,2-10H3/b21-18+/t23-,25+,29-/m1/s1. The number of esters is 2. The maximum atomic E-state index is 13.4. The summed E-state index contributed by atoms with van der Waals surface area (Å²) in [6.07, 6.45) is 2.00. The second-order valence-electron chi connectivity index (χ2n) is 12.1. The van der Waals surface area contributed by atoms with Crippen LogP contribution in [0, 0.1) is 15.5 Å². The van der Waals surface area contributed by atoms with Gasteiger partial charge in [-0.15, -0.1) is 6.58 Å². The SMILES string of the molecule is C=CC[C@@H]1C/C(=C\C(=O)OC)[C@H](OC(=O)c2cccc([N+](=O)[O-])c2)[C@](OC)(C(C)(C)CO[Si](C)(C)C(C)(C)C)O1. The van der Waals surface area contributed by atoms with Gasteiger partial charge in [0, 0.05) is 37.3 Å². The summed E-state index contributed by atoms with van der Waals surface area (Å²) in [5, 5.41) is 11.2. The van der Waals surface area contributed by atoms with Gasteiger partial charge < -0.3 is 23.4 Å². The van der Waals surface area contributed by atoms with Crippen molar-refractivity contribution in [1.29, 1.82) is 0 Å². The topological polar surface area (TPSA) is 123 Å². The monoisotopic (exact) mass is 577 g/mol. The fourth-order valence-corrected chi connectivity index (χ4v) is 5.48. The van der Waals surface area contributed by atoms with E-state index in [2.05, 4.69) is 40.4 Å². The van der Waals surface area contributed by atoms with Crippen LogP contribution in [0.4, 0.5) is 5.69 Å². The smallest absolute Gasteiger partial charge is 0.339 e. The highest BCUT2D eigenvalue weighted by molar-refractivity contribution is 6.74. The zero-order valence-electron chi connectivity index (χ0n) is 25.1. The first-order chi connectivity index (χ1) is 18.4. The second-order valence-corrected chi connectivity index (χ2v) is 16.9. The van der Waals surface area contributed by atoms with E-state index in [-0.39, 0.29) is 29.3 Å². The maximum absolute atomic E-state index is 13.4. The van der Waals surface area contributed by atoms with Crippen LogP contribution in [0.25, 0.3) is 0 Å². The van der Waals surface area contributed by atoms with Crippen molar-refractivity contribution in [1.82, 2.24) is 0 Å². The predicted molar refractivity (Wildman–Crippen MR) is 153 cm³/mol. The number of hydrogen-bond donors (Lipinski definition) is 0. The number of benzene rings is 1. The van der Waals surface area contributed by atoms with Crippen molar-refractivity contribution in [3.63, 3.8) is 0 Å². The van der Waals surface area contributed by atoms with E-state index in [1.54, 1.807) is 6.08 Å².